The van der Waals surface area contributed by atoms with Crippen LogP contribution in [-0.4, -0.2) is 43.5 Å². The van der Waals surface area contributed by atoms with Crippen LogP contribution in [0.15, 0.2) is 24.3 Å². The topological polar surface area (TPSA) is 110 Å². The molecule has 0 bridgehead atoms. The number of carbonyl (C=O) groups is 3. The summed E-state index contributed by atoms with van der Waals surface area (Å²) in [5, 5.41) is 5.26. The SMILES string of the molecule is COC(=O)c1c(C)[nH]c(C(=O)NCC(=O)NCc2ccc(OC)cc2)c1C. The number of amides is 2. The molecule has 0 unspecified atom stereocenters. The Hall–Kier alpha value is -3.29. The van der Waals surface area contributed by atoms with Gasteiger partial charge in [0.15, 0.2) is 0 Å². The van der Waals surface area contributed by atoms with Crippen molar-refractivity contribution < 1.29 is 23.9 Å². The van der Waals surface area contributed by atoms with Gasteiger partial charge in [-0.3, -0.25) is 9.59 Å². The number of esters is 1. The molecule has 1 heterocycles. The summed E-state index contributed by atoms with van der Waals surface area (Å²) < 4.78 is 9.79. The largest absolute Gasteiger partial charge is 0.497 e. The summed E-state index contributed by atoms with van der Waals surface area (Å²) in [6.45, 7) is 3.48. The summed E-state index contributed by atoms with van der Waals surface area (Å²) >= 11 is 0. The van der Waals surface area contributed by atoms with Crippen LogP contribution in [0.2, 0.25) is 0 Å². The van der Waals surface area contributed by atoms with Crippen LogP contribution in [-0.2, 0) is 16.1 Å². The average molecular weight is 373 g/mol. The Bertz CT molecular complexity index is 840. The van der Waals surface area contributed by atoms with Crippen molar-refractivity contribution >= 4 is 17.8 Å². The Morgan fingerprint density at radius 1 is 1.04 bits per heavy atom. The van der Waals surface area contributed by atoms with Gasteiger partial charge in [0, 0.05) is 12.2 Å². The third-order valence-electron chi connectivity index (χ3n) is 4.11. The summed E-state index contributed by atoms with van der Waals surface area (Å²) in [6, 6.07) is 7.30. The standard InChI is InChI=1S/C19H23N3O5/c1-11-16(19(25)27-4)12(2)22-17(11)18(24)21-10-15(23)20-9-13-5-7-14(26-3)8-6-13/h5-8,22H,9-10H2,1-4H3,(H,20,23)(H,21,24). The highest BCUT2D eigenvalue weighted by atomic mass is 16.5. The molecule has 8 nitrogen and oxygen atoms in total. The van der Waals surface area contributed by atoms with Crippen LogP contribution in [0.5, 0.6) is 5.75 Å². The molecular weight excluding hydrogens is 350 g/mol. The molecule has 8 heteroatoms. The van der Waals surface area contributed by atoms with Crippen molar-refractivity contribution in [3.05, 3.63) is 52.3 Å². The van der Waals surface area contributed by atoms with Gasteiger partial charge >= 0.3 is 5.97 Å². The normalized spacial score (nSPS) is 10.2. The van der Waals surface area contributed by atoms with E-state index in [4.69, 9.17) is 9.47 Å². The van der Waals surface area contributed by atoms with Crippen molar-refractivity contribution in [3.63, 3.8) is 0 Å². The maximum Gasteiger partial charge on any atom is 0.339 e. The molecule has 1 aromatic carbocycles. The first-order chi connectivity index (χ1) is 12.9. The lowest BCUT2D eigenvalue weighted by Gasteiger charge is -2.08. The number of rotatable bonds is 7. The molecule has 144 valence electrons. The number of carbonyl (C=O) groups excluding carboxylic acids is 3. The number of aryl methyl sites for hydroxylation is 1. The third-order valence-corrected chi connectivity index (χ3v) is 4.11. The summed E-state index contributed by atoms with van der Waals surface area (Å²) in [6.07, 6.45) is 0. The highest BCUT2D eigenvalue weighted by Gasteiger charge is 2.22. The van der Waals surface area contributed by atoms with Crippen molar-refractivity contribution in [3.8, 4) is 5.75 Å². The van der Waals surface area contributed by atoms with E-state index in [1.807, 2.05) is 12.1 Å². The molecule has 0 saturated carbocycles. The van der Waals surface area contributed by atoms with E-state index in [2.05, 4.69) is 15.6 Å². The van der Waals surface area contributed by atoms with E-state index in [1.54, 1.807) is 33.1 Å². The highest BCUT2D eigenvalue weighted by Crippen LogP contribution is 2.18. The Morgan fingerprint density at radius 2 is 1.70 bits per heavy atom. The van der Waals surface area contributed by atoms with E-state index >= 15 is 0 Å². The molecule has 27 heavy (non-hydrogen) atoms. The number of ether oxygens (including phenoxy) is 2. The number of nitrogens with one attached hydrogen (secondary N) is 3. The number of aromatic amines is 1. The molecule has 0 radical (unpaired) electrons. The van der Waals surface area contributed by atoms with Gasteiger partial charge in [-0.1, -0.05) is 12.1 Å². The fourth-order valence-electron chi connectivity index (χ4n) is 2.64. The summed E-state index contributed by atoms with van der Waals surface area (Å²) in [4.78, 5) is 38.9. The van der Waals surface area contributed by atoms with E-state index < -0.39 is 11.9 Å². The van der Waals surface area contributed by atoms with Gasteiger partial charge in [-0.2, -0.15) is 0 Å². The van der Waals surface area contributed by atoms with E-state index in [0.29, 0.717) is 23.4 Å². The van der Waals surface area contributed by atoms with Crippen molar-refractivity contribution in [1.29, 1.82) is 0 Å². The first-order valence-electron chi connectivity index (χ1n) is 8.32. The third kappa shape index (κ3) is 4.87. The first-order valence-corrected chi connectivity index (χ1v) is 8.32. The van der Waals surface area contributed by atoms with Gasteiger partial charge < -0.3 is 25.1 Å². The smallest absolute Gasteiger partial charge is 0.339 e. The number of hydrogen-bond donors (Lipinski definition) is 3. The molecule has 0 aliphatic rings. The second kappa shape index (κ2) is 8.88. The zero-order valence-corrected chi connectivity index (χ0v) is 15.8. The van der Waals surface area contributed by atoms with Crippen LogP contribution in [0, 0.1) is 13.8 Å². The molecule has 2 rings (SSSR count). The van der Waals surface area contributed by atoms with Crippen LogP contribution < -0.4 is 15.4 Å². The first kappa shape index (κ1) is 20.0. The lowest BCUT2D eigenvalue weighted by Crippen LogP contribution is -2.37. The van der Waals surface area contributed by atoms with Gasteiger partial charge in [0.1, 0.15) is 11.4 Å². The second-order valence-corrected chi connectivity index (χ2v) is 5.92. The van der Waals surface area contributed by atoms with Gasteiger partial charge in [0.2, 0.25) is 5.91 Å². The fraction of sp³-hybridized carbons (Fsp3) is 0.316. The Morgan fingerprint density at radius 3 is 2.30 bits per heavy atom. The zero-order chi connectivity index (χ0) is 20.0. The minimum Gasteiger partial charge on any atom is -0.497 e. The Kier molecular flexibility index (Phi) is 6.59. The molecule has 3 N–H and O–H groups in total. The molecule has 0 aliphatic heterocycles. The summed E-state index contributed by atoms with van der Waals surface area (Å²) in [5.74, 6) is -0.573. The number of benzene rings is 1. The fourth-order valence-corrected chi connectivity index (χ4v) is 2.64. The summed E-state index contributed by atoms with van der Waals surface area (Å²) in [7, 11) is 2.86. The molecule has 0 aliphatic carbocycles. The van der Waals surface area contributed by atoms with Crippen LogP contribution in [0.25, 0.3) is 0 Å². The zero-order valence-electron chi connectivity index (χ0n) is 15.8. The highest BCUT2D eigenvalue weighted by molar-refractivity contribution is 6.01. The molecule has 0 atom stereocenters. The minimum atomic E-state index is -0.516. The number of methoxy groups -OCH3 is 2. The molecule has 0 saturated heterocycles. The van der Waals surface area contributed by atoms with E-state index in [0.717, 1.165) is 11.3 Å². The lowest BCUT2D eigenvalue weighted by molar-refractivity contribution is -0.120. The monoisotopic (exact) mass is 373 g/mol. The van der Waals surface area contributed by atoms with Crippen LogP contribution in [0.1, 0.15) is 37.7 Å². The van der Waals surface area contributed by atoms with E-state index in [-0.39, 0.29) is 18.1 Å². The molecular formula is C19H23N3O5. The molecule has 0 fully saturated rings. The van der Waals surface area contributed by atoms with E-state index in [1.165, 1.54) is 7.11 Å². The van der Waals surface area contributed by atoms with Gasteiger partial charge in [-0.25, -0.2) is 4.79 Å². The quantitative estimate of drug-likeness (QED) is 0.637. The minimum absolute atomic E-state index is 0.181. The Balaban J connectivity index is 1.89. The predicted molar refractivity (Wildman–Crippen MR) is 98.8 cm³/mol. The summed E-state index contributed by atoms with van der Waals surface area (Å²) in [5.41, 5.74) is 2.49. The molecule has 1 aromatic heterocycles. The van der Waals surface area contributed by atoms with Crippen molar-refractivity contribution in [2.24, 2.45) is 0 Å². The maximum atomic E-state index is 12.3. The van der Waals surface area contributed by atoms with Crippen LogP contribution in [0.4, 0.5) is 0 Å². The van der Waals surface area contributed by atoms with Gasteiger partial charge in [-0.15, -0.1) is 0 Å². The lowest BCUT2D eigenvalue weighted by atomic mass is 10.1. The number of aromatic nitrogens is 1. The van der Waals surface area contributed by atoms with Crippen molar-refractivity contribution in [2.45, 2.75) is 20.4 Å². The molecule has 2 aromatic rings. The maximum absolute atomic E-state index is 12.3. The van der Waals surface area contributed by atoms with Gasteiger partial charge in [0.25, 0.3) is 5.91 Å². The average Bonchev–Trinajstić information content (AvgIpc) is 2.98. The van der Waals surface area contributed by atoms with E-state index in [9.17, 15) is 14.4 Å². The van der Waals surface area contributed by atoms with Gasteiger partial charge in [-0.05, 0) is 37.1 Å². The second-order valence-electron chi connectivity index (χ2n) is 5.92. The van der Waals surface area contributed by atoms with Crippen LogP contribution in [0.3, 0.4) is 0 Å². The number of hydrogen-bond acceptors (Lipinski definition) is 5. The van der Waals surface area contributed by atoms with Crippen LogP contribution >= 0.6 is 0 Å². The molecule has 2 amide bonds. The Labute approximate surface area is 157 Å². The van der Waals surface area contributed by atoms with Crippen molar-refractivity contribution in [2.75, 3.05) is 20.8 Å². The van der Waals surface area contributed by atoms with Crippen molar-refractivity contribution in [1.82, 2.24) is 15.6 Å². The number of H-pyrrole nitrogens is 1. The van der Waals surface area contributed by atoms with Gasteiger partial charge in [0.05, 0.1) is 26.3 Å². The predicted octanol–water partition coefficient (Wildman–Crippen LogP) is 1.47. The molecule has 0 spiro atoms.